The Kier molecular flexibility index (Phi) is 3.21. The van der Waals surface area contributed by atoms with Gasteiger partial charge in [0.05, 0.1) is 5.56 Å². The average molecular weight is 339 g/mol. The lowest BCUT2D eigenvalue weighted by Gasteiger charge is -2.12. The summed E-state index contributed by atoms with van der Waals surface area (Å²) in [6.45, 7) is 0. The van der Waals surface area contributed by atoms with Crippen LogP contribution in [0, 0.1) is 0 Å². The molecule has 0 aromatic heterocycles. The molecule has 102 valence electrons. The van der Waals surface area contributed by atoms with E-state index in [2.05, 4.69) is 15.9 Å². The van der Waals surface area contributed by atoms with E-state index < -0.39 is 11.7 Å². The van der Waals surface area contributed by atoms with Gasteiger partial charge in [-0.2, -0.15) is 13.2 Å². The number of fused-ring (bicyclic) bond motifs is 2. The molecule has 3 aromatic rings. The third-order valence-electron chi connectivity index (χ3n) is 3.43. The number of hydrogen-bond acceptors (Lipinski definition) is 0. The maximum absolute atomic E-state index is 12.8. The Balaban J connectivity index is 2.39. The Hall–Kier alpha value is -1.55. The molecule has 0 atom stereocenters. The molecular weight excluding hydrogens is 329 g/mol. The summed E-state index contributed by atoms with van der Waals surface area (Å²) in [4.78, 5) is 0. The lowest BCUT2D eigenvalue weighted by Crippen LogP contribution is -2.04. The molecule has 0 amide bonds. The van der Waals surface area contributed by atoms with E-state index in [1.54, 1.807) is 6.07 Å². The predicted octanol–water partition coefficient (Wildman–Crippen LogP) is 5.91. The van der Waals surface area contributed by atoms with Crippen LogP contribution in [0.15, 0.2) is 48.5 Å². The Morgan fingerprint density at radius 3 is 2.25 bits per heavy atom. The van der Waals surface area contributed by atoms with Gasteiger partial charge in [-0.15, -0.1) is 0 Å². The number of alkyl halides is 4. The van der Waals surface area contributed by atoms with Crippen molar-refractivity contribution in [2.75, 3.05) is 0 Å². The van der Waals surface area contributed by atoms with E-state index in [-0.39, 0.29) is 0 Å². The van der Waals surface area contributed by atoms with Crippen molar-refractivity contribution in [2.24, 2.45) is 0 Å². The minimum atomic E-state index is -4.31. The molecule has 0 saturated carbocycles. The van der Waals surface area contributed by atoms with Crippen LogP contribution in [0.5, 0.6) is 0 Å². The number of rotatable bonds is 1. The van der Waals surface area contributed by atoms with Gasteiger partial charge in [-0.3, -0.25) is 0 Å². The standard InChI is InChI=1S/C16H10BrF3/c17-9-15-13-4-2-1-3-10(13)7-11-8-12(16(18,19)20)5-6-14(11)15/h1-8H,9H2. The van der Waals surface area contributed by atoms with Gasteiger partial charge in [-0.25, -0.2) is 0 Å². The summed E-state index contributed by atoms with van der Waals surface area (Å²) in [5.74, 6) is 0. The van der Waals surface area contributed by atoms with E-state index in [0.29, 0.717) is 10.7 Å². The van der Waals surface area contributed by atoms with E-state index in [0.717, 1.165) is 27.8 Å². The highest BCUT2D eigenvalue weighted by Gasteiger charge is 2.30. The van der Waals surface area contributed by atoms with Gasteiger partial charge in [0.1, 0.15) is 0 Å². The first kappa shape index (κ1) is 13.4. The molecule has 0 nitrogen and oxygen atoms in total. The molecule has 0 saturated heterocycles. The van der Waals surface area contributed by atoms with Gasteiger partial charge >= 0.3 is 6.18 Å². The third-order valence-corrected chi connectivity index (χ3v) is 4.00. The molecule has 0 radical (unpaired) electrons. The molecule has 3 rings (SSSR count). The molecule has 0 aliphatic carbocycles. The summed E-state index contributed by atoms with van der Waals surface area (Å²) < 4.78 is 38.4. The van der Waals surface area contributed by atoms with Gasteiger partial charge in [0.25, 0.3) is 0 Å². The van der Waals surface area contributed by atoms with Crippen molar-refractivity contribution in [1.29, 1.82) is 0 Å². The Bertz CT molecular complexity index is 791. The van der Waals surface area contributed by atoms with Crippen LogP contribution in [0.1, 0.15) is 11.1 Å². The second kappa shape index (κ2) is 4.77. The molecule has 4 heteroatoms. The molecule has 3 aromatic carbocycles. The van der Waals surface area contributed by atoms with Gasteiger partial charge in [0.2, 0.25) is 0 Å². The summed E-state index contributed by atoms with van der Waals surface area (Å²) >= 11 is 3.44. The van der Waals surface area contributed by atoms with Crippen LogP contribution < -0.4 is 0 Å². The molecule has 0 spiro atoms. The molecule has 0 unspecified atom stereocenters. The average Bonchev–Trinajstić information content (AvgIpc) is 2.43. The van der Waals surface area contributed by atoms with Gasteiger partial charge in [0, 0.05) is 5.33 Å². The monoisotopic (exact) mass is 338 g/mol. The molecule has 0 heterocycles. The molecule has 20 heavy (non-hydrogen) atoms. The van der Waals surface area contributed by atoms with Gasteiger partial charge < -0.3 is 0 Å². The Labute approximate surface area is 122 Å². The molecule has 0 aliphatic heterocycles. The van der Waals surface area contributed by atoms with Crippen molar-refractivity contribution in [3.63, 3.8) is 0 Å². The first-order valence-corrected chi connectivity index (χ1v) is 7.20. The van der Waals surface area contributed by atoms with E-state index in [4.69, 9.17) is 0 Å². The minimum Gasteiger partial charge on any atom is -0.166 e. The number of hydrogen-bond donors (Lipinski definition) is 0. The Morgan fingerprint density at radius 1 is 0.850 bits per heavy atom. The van der Waals surface area contributed by atoms with Gasteiger partial charge in [-0.1, -0.05) is 46.3 Å². The summed E-state index contributed by atoms with van der Waals surface area (Å²) in [5, 5.41) is 4.10. The normalized spacial score (nSPS) is 12.2. The van der Waals surface area contributed by atoms with Gasteiger partial charge in [0.15, 0.2) is 0 Å². The summed E-state index contributed by atoms with van der Waals surface area (Å²) in [6.07, 6.45) is -4.31. The zero-order valence-electron chi connectivity index (χ0n) is 10.3. The Morgan fingerprint density at radius 2 is 1.55 bits per heavy atom. The van der Waals surface area contributed by atoms with Crippen LogP contribution >= 0.6 is 15.9 Å². The van der Waals surface area contributed by atoms with Crippen LogP contribution in [0.25, 0.3) is 21.5 Å². The number of benzene rings is 3. The van der Waals surface area contributed by atoms with Crippen molar-refractivity contribution < 1.29 is 13.2 Å². The molecular formula is C16H10BrF3. The fourth-order valence-corrected chi connectivity index (χ4v) is 3.09. The van der Waals surface area contributed by atoms with Crippen molar-refractivity contribution in [1.82, 2.24) is 0 Å². The first-order valence-electron chi connectivity index (χ1n) is 6.08. The molecule has 0 aliphatic rings. The fourth-order valence-electron chi connectivity index (χ4n) is 2.49. The summed E-state index contributed by atoms with van der Waals surface area (Å²) in [7, 11) is 0. The van der Waals surface area contributed by atoms with Crippen molar-refractivity contribution in [3.05, 3.63) is 59.7 Å². The smallest absolute Gasteiger partial charge is 0.166 e. The van der Waals surface area contributed by atoms with Crippen molar-refractivity contribution in [3.8, 4) is 0 Å². The van der Waals surface area contributed by atoms with Crippen molar-refractivity contribution in [2.45, 2.75) is 11.5 Å². The van der Waals surface area contributed by atoms with Crippen LogP contribution in [-0.2, 0) is 11.5 Å². The topological polar surface area (TPSA) is 0 Å². The molecule has 0 bridgehead atoms. The third kappa shape index (κ3) is 2.18. The lowest BCUT2D eigenvalue weighted by atomic mass is 9.96. The van der Waals surface area contributed by atoms with E-state index in [1.807, 2.05) is 30.3 Å². The van der Waals surface area contributed by atoms with Crippen LogP contribution in [0.4, 0.5) is 13.2 Å². The second-order valence-electron chi connectivity index (χ2n) is 4.64. The second-order valence-corrected chi connectivity index (χ2v) is 5.20. The van der Waals surface area contributed by atoms with Crippen LogP contribution in [-0.4, -0.2) is 0 Å². The zero-order chi connectivity index (χ0) is 14.3. The van der Waals surface area contributed by atoms with Crippen LogP contribution in [0.3, 0.4) is 0 Å². The highest BCUT2D eigenvalue weighted by Crippen LogP contribution is 2.35. The maximum Gasteiger partial charge on any atom is 0.416 e. The van der Waals surface area contributed by atoms with Crippen LogP contribution in [0.2, 0.25) is 0 Å². The zero-order valence-corrected chi connectivity index (χ0v) is 11.9. The van der Waals surface area contributed by atoms with E-state index in [9.17, 15) is 13.2 Å². The first-order chi connectivity index (χ1) is 9.50. The lowest BCUT2D eigenvalue weighted by molar-refractivity contribution is -0.137. The quantitative estimate of drug-likeness (QED) is 0.382. The SMILES string of the molecule is FC(F)(F)c1ccc2c(CBr)c3ccccc3cc2c1. The van der Waals surface area contributed by atoms with Crippen molar-refractivity contribution >= 4 is 37.5 Å². The van der Waals surface area contributed by atoms with E-state index >= 15 is 0 Å². The predicted molar refractivity (Wildman–Crippen MR) is 79.1 cm³/mol. The van der Waals surface area contributed by atoms with Gasteiger partial charge in [-0.05, 0) is 45.3 Å². The highest BCUT2D eigenvalue weighted by atomic mass is 79.9. The minimum absolute atomic E-state index is 0.607. The summed E-state index contributed by atoms with van der Waals surface area (Å²) in [5.41, 5.74) is 0.410. The number of halogens is 4. The largest absolute Gasteiger partial charge is 0.416 e. The summed E-state index contributed by atoms with van der Waals surface area (Å²) in [6, 6.07) is 13.5. The van der Waals surface area contributed by atoms with E-state index in [1.165, 1.54) is 6.07 Å². The fraction of sp³-hybridized carbons (Fsp3) is 0.125. The maximum atomic E-state index is 12.8. The highest BCUT2D eigenvalue weighted by molar-refractivity contribution is 9.08. The molecule has 0 fully saturated rings. The molecule has 0 N–H and O–H groups in total.